The molecule has 3 fully saturated rings. The van der Waals surface area contributed by atoms with Crippen LogP contribution in [0.1, 0.15) is 35.4 Å². The van der Waals surface area contributed by atoms with E-state index in [0.29, 0.717) is 39.0 Å². The van der Waals surface area contributed by atoms with Crippen molar-refractivity contribution in [3.05, 3.63) is 123 Å². The number of anilines is 2. The Morgan fingerprint density at radius 1 is 0.931 bits per heavy atom. The Morgan fingerprint density at radius 3 is 2.36 bits per heavy atom. The molecule has 3 aromatic carbocycles. The van der Waals surface area contributed by atoms with Gasteiger partial charge >= 0.3 is 13.3 Å². The van der Waals surface area contributed by atoms with Crippen molar-refractivity contribution in [1.29, 1.82) is 0 Å². The summed E-state index contributed by atoms with van der Waals surface area (Å²) in [7, 11) is -1.87. The smallest absolute Gasteiger partial charge is 0.488 e. The van der Waals surface area contributed by atoms with Gasteiger partial charge in [-0.25, -0.2) is 4.98 Å². The van der Waals surface area contributed by atoms with Gasteiger partial charge in [0.25, 0.3) is 11.8 Å². The van der Waals surface area contributed by atoms with E-state index in [1.165, 1.54) is 24.3 Å². The minimum atomic E-state index is -4.78. The third-order valence-electron chi connectivity index (χ3n) is 11.6. The number of imide groups is 2. The third kappa shape index (κ3) is 6.25. The normalized spacial score (nSPS) is 25.3. The maximum atomic E-state index is 15.4. The number of rotatable bonds is 9. The molecule has 1 aromatic heterocycles. The number of nitrogens with zero attached hydrogens (tertiary/aromatic N) is 3. The summed E-state index contributed by atoms with van der Waals surface area (Å²) in [5.41, 5.74) is 1.19. The molecule has 298 valence electrons. The summed E-state index contributed by atoms with van der Waals surface area (Å²) in [6.07, 6.45) is -2.49. The molecule has 0 radical (unpaired) electrons. The lowest BCUT2D eigenvalue weighted by molar-refractivity contribution is -0.139. The van der Waals surface area contributed by atoms with E-state index in [-0.39, 0.29) is 43.0 Å². The van der Waals surface area contributed by atoms with Gasteiger partial charge in [-0.3, -0.25) is 29.5 Å². The van der Waals surface area contributed by atoms with Crippen LogP contribution in [0.15, 0.2) is 96.7 Å². The van der Waals surface area contributed by atoms with Crippen LogP contribution in [-0.2, 0) is 30.8 Å². The summed E-state index contributed by atoms with van der Waals surface area (Å²) in [6, 6.07) is 19.5. The molecule has 6 atom stereocenters. The van der Waals surface area contributed by atoms with Crippen molar-refractivity contribution in [2.24, 2.45) is 23.7 Å². The second-order valence-electron chi connectivity index (χ2n) is 14.5. The Bertz CT molecular complexity index is 2380. The fourth-order valence-corrected chi connectivity index (χ4v) is 9.55. The average Bonchev–Trinajstić information content (AvgIpc) is 3.58. The molecule has 4 aromatic rings. The van der Waals surface area contributed by atoms with Crippen LogP contribution >= 0.6 is 23.2 Å². The molecular formula is C40H32BCl2F3N4O8. The number of pyridine rings is 1. The zero-order chi connectivity index (χ0) is 41.3. The Kier molecular flexibility index (Phi) is 10.1. The number of fused-ring (bicyclic) bond motifs is 4. The van der Waals surface area contributed by atoms with E-state index < -0.39 is 88.3 Å². The summed E-state index contributed by atoms with van der Waals surface area (Å²) in [6.45, 7) is -0.480. The lowest BCUT2D eigenvalue weighted by Crippen LogP contribution is -2.53. The number of halogens is 5. The number of aliphatic hydroxyl groups is 1. The Morgan fingerprint density at radius 2 is 1.67 bits per heavy atom. The van der Waals surface area contributed by atoms with E-state index in [4.69, 9.17) is 27.9 Å². The molecular weight excluding hydrogens is 803 g/mol. The molecule has 1 saturated carbocycles. The summed E-state index contributed by atoms with van der Waals surface area (Å²) in [4.78, 5) is 63.9. The number of alkyl halides is 3. The summed E-state index contributed by atoms with van der Waals surface area (Å²) in [5, 5.41) is 29.9. The van der Waals surface area contributed by atoms with Crippen LogP contribution in [0.2, 0.25) is 10.0 Å². The molecule has 3 heterocycles. The Balaban J connectivity index is 1.31. The standard InChI is InChI=1S/C40H32BCl2F3N4O8/c42-23-10-8-20(9-11-23)39-29(36(53)50(38(39)55)48-34-30(43)16-21(19-47-34)40(44,45)46)18-28-25(33(39)26-6-1-2-7-31(26)58-15-14-51)12-13-27-32(28)37(54)49(35(27)52)24-5-3-4-22(17-24)41(56)57/h1-12,16-17,19,27-29,32-33,51,56-57H,13-15,18H2,(H,47,48). The number of hydrazine groups is 1. The van der Waals surface area contributed by atoms with E-state index >= 15 is 4.79 Å². The van der Waals surface area contributed by atoms with Gasteiger partial charge in [-0.15, -0.1) is 0 Å². The molecule has 58 heavy (non-hydrogen) atoms. The number of aliphatic hydroxyl groups excluding tert-OH is 1. The summed E-state index contributed by atoms with van der Waals surface area (Å²) >= 11 is 12.6. The van der Waals surface area contributed by atoms with Crippen molar-refractivity contribution in [1.82, 2.24) is 9.99 Å². The van der Waals surface area contributed by atoms with Gasteiger partial charge in [-0.2, -0.15) is 18.2 Å². The molecule has 8 rings (SSSR count). The first-order chi connectivity index (χ1) is 27.7. The molecule has 4 aliphatic rings. The van der Waals surface area contributed by atoms with Crippen LogP contribution in [0.4, 0.5) is 24.7 Å². The molecule has 2 saturated heterocycles. The zero-order valence-electron chi connectivity index (χ0n) is 30.1. The SMILES string of the molecule is O=C1C2CC3C(=CCC4C(=O)N(c5cccc(B(O)O)c5)C(=O)C43)C(c3ccccc3OCCO)C2(c2ccc(Cl)cc2)C(=O)N1Nc1ncc(C(F)(F)F)cc1Cl. The monoisotopic (exact) mass is 834 g/mol. The quantitative estimate of drug-likeness (QED) is 0.106. The number of hydrogen-bond acceptors (Lipinski definition) is 10. The first kappa shape index (κ1) is 39.6. The maximum Gasteiger partial charge on any atom is 0.488 e. The van der Waals surface area contributed by atoms with Crippen LogP contribution in [0, 0.1) is 23.7 Å². The van der Waals surface area contributed by atoms with Crippen LogP contribution < -0.4 is 20.5 Å². The molecule has 18 heteroatoms. The van der Waals surface area contributed by atoms with Crippen LogP contribution in [0.3, 0.4) is 0 Å². The number of carbonyl (C=O) groups excluding carboxylic acids is 4. The van der Waals surface area contributed by atoms with Gasteiger partial charge in [0.15, 0.2) is 5.82 Å². The zero-order valence-corrected chi connectivity index (χ0v) is 31.6. The molecule has 4 N–H and O–H groups in total. The molecule has 2 aliphatic carbocycles. The predicted octanol–water partition coefficient (Wildman–Crippen LogP) is 4.65. The van der Waals surface area contributed by atoms with Gasteiger partial charge in [0.05, 0.1) is 46.0 Å². The fraction of sp³-hybridized carbons (Fsp3) is 0.275. The minimum absolute atomic E-state index is 0.0575. The number of benzene rings is 3. The summed E-state index contributed by atoms with van der Waals surface area (Å²) in [5.74, 6) is -7.84. The third-order valence-corrected chi connectivity index (χ3v) is 12.1. The van der Waals surface area contributed by atoms with E-state index in [1.54, 1.807) is 48.5 Å². The van der Waals surface area contributed by atoms with Gasteiger partial charge in [0.2, 0.25) is 11.8 Å². The molecule has 0 bridgehead atoms. The molecule has 6 unspecified atom stereocenters. The topological polar surface area (TPSA) is 170 Å². The van der Waals surface area contributed by atoms with Crippen molar-refractivity contribution in [2.75, 3.05) is 23.5 Å². The van der Waals surface area contributed by atoms with Crippen molar-refractivity contribution in [3.8, 4) is 5.75 Å². The maximum absolute atomic E-state index is 15.4. The average molecular weight is 835 g/mol. The van der Waals surface area contributed by atoms with Gasteiger partial charge < -0.3 is 19.9 Å². The fourth-order valence-electron chi connectivity index (χ4n) is 9.21. The highest BCUT2D eigenvalue weighted by molar-refractivity contribution is 6.58. The molecule has 4 amide bonds. The van der Waals surface area contributed by atoms with E-state index in [1.807, 2.05) is 6.08 Å². The minimum Gasteiger partial charge on any atom is -0.491 e. The first-order valence-corrected chi connectivity index (χ1v) is 18.9. The van der Waals surface area contributed by atoms with Crippen LogP contribution in [0.5, 0.6) is 5.75 Å². The number of carbonyl (C=O) groups is 4. The number of amides is 4. The molecule has 0 spiro atoms. The van der Waals surface area contributed by atoms with Crippen LogP contribution in [0.25, 0.3) is 0 Å². The first-order valence-electron chi connectivity index (χ1n) is 18.2. The number of nitrogens with one attached hydrogen (secondary N) is 1. The highest BCUT2D eigenvalue weighted by atomic mass is 35.5. The molecule has 2 aliphatic heterocycles. The van der Waals surface area contributed by atoms with Crippen molar-refractivity contribution in [3.63, 3.8) is 0 Å². The number of aromatic nitrogens is 1. The van der Waals surface area contributed by atoms with Gasteiger partial charge in [0, 0.05) is 22.7 Å². The summed E-state index contributed by atoms with van der Waals surface area (Å²) < 4.78 is 46.6. The lowest BCUT2D eigenvalue weighted by atomic mass is 9.49. The van der Waals surface area contributed by atoms with E-state index in [0.717, 1.165) is 4.90 Å². The second-order valence-corrected chi connectivity index (χ2v) is 15.4. The largest absolute Gasteiger partial charge is 0.491 e. The number of allylic oxidation sites excluding steroid dienone is 2. The second kappa shape index (κ2) is 14.8. The predicted molar refractivity (Wildman–Crippen MR) is 205 cm³/mol. The highest BCUT2D eigenvalue weighted by Crippen LogP contribution is 2.65. The highest BCUT2D eigenvalue weighted by Gasteiger charge is 2.70. The lowest BCUT2D eigenvalue weighted by Gasteiger charge is -2.50. The Labute approximate surface area is 338 Å². The number of hydrogen-bond donors (Lipinski definition) is 4. The number of ether oxygens (including phenoxy) is 1. The van der Waals surface area contributed by atoms with Crippen molar-refractivity contribution in [2.45, 2.75) is 30.4 Å². The van der Waals surface area contributed by atoms with Crippen molar-refractivity contribution < 1.29 is 52.2 Å². The van der Waals surface area contributed by atoms with Gasteiger partial charge in [0.1, 0.15) is 12.4 Å². The Hall–Kier alpha value is -5.26. The van der Waals surface area contributed by atoms with Gasteiger partial charge in [-0.05, 0) is 66.2 Å². The van der Waals surface area contributed by atoms with E-state index in [2.05, 4.69) is 10.4 Å². The van der Waals surface area contributed by atoms with E-state index in [9.17, 15) is 42.7 Å². The number of para-hydroxylation sites is 1. The van der Waals surface area contributed by atoms with Crippen molar-refractivity contribution >= 4 is 70.9 Å². The molecule has 12 nitrogen and oxygen atoms in total. The van der Waals surface area contributed by atoms with Crippen LogP contribution in [-0.4, -0.2) is 69.1 Å². The van der Waals surface area contributed by atoms with Gasteiger partial charge in [-0.1, -0.05) is 77.3 Å².